The predicted molar refractivity (Wildman–Crippen MR) is 210 cm³/mol. The Morgan fingerprint density at radius 3 is 1.33 bits per heavy atom. The van der Waals surface area contributed by atoms with Gasteiger partial charge in [0.2, 0.25) is 5.95 Å². The van der Waals surface area contributed by atoms with Crippen LogP contribution in [0.3, 0.4) is 0 Å². The Morgan fingerprint density at radius 1 is 0.333 bits per heavy atom. The number of aromatic nitrogens is 5. The highest BCUT2D eigenvalue weighted by molar-refractivity contribution is 6.12. The molecule has 11 rings (SSSR count). The standard InChI is InChI=1S/C46H29N5/c1-6-19-40-33(14-1)34-15-2-7-20-41(34)49(40)31-13-11-12-30(28-31)39-26-27-47-46(48-39)51-44-23-10-5-18-37(44)38-29-32(24-25-45(38)51)50-42-21-8-3-16-35(42)36-17-4-9-22-43(36)50/h1-29H. The first-order valence-corrected chi connectivity index (χ1v) is 17.3. The molecule has 0 saturated heterocycles. The minimum Gasteiger partial charge on any atom is -0.309 e. The Morgan fingerprint density at radius 2 is 0.784 bits per heavy atom. The molecule has 4 aromatic heterocycles. The van der Waals surface area contributed by atoms with Gasteiger partial charge in [0.15, 0.2) is 0 Å². The molecule has 0 radical (unpaired) electrons. The first-order chi connectivity index (χ1) is 25.3. The molecule has 11 aromatic rings. The van der Waals surface area contributed by atoms with Crippen molar-refractivity contribution in [3.05, 3.63) is 176 Å². The summed E-state index contributed by atoms with van der Waals surface area (Å²) in [4.78, 5) is 10.1. The molecule has 51 heavy (non-hydrogen) atoms. The summed E-state index contributed by atoms with van der Waals surface area (Å²) in [6, 6.07) is 60.5. The van der Waals surface area contributed by atoms with Crippen molar-refractivity contribution in [2.24, 2.45) is 0 Å². The van der Waals surface area contributed by atoms with Crippen LogP contribution in [0.4, 0.5) is 0 Å². The van der Waals surface area contributed by atoms with Gasteiger partial charge < -0.3 is 9.13 Å². The Bertz CT molecular complexity index is 3050. The van der Waals surface area contributed by atoms with E-state index in [-0.39, 0.29) is 0 Å². The number of para-hydroxylation sites is 5. The van der Waals surface area contributed by atoms with Gasteiger partial charge in [-0.3, -0.25) is 4.57 Å². The molecule has 7 aromatic carbocycles. The van der Waals surface area contributed by atoms with Crippen molar-refractivity contribution in [2.75, 3.05) is 0 Å². The van der Waals surface area contributed by atoms with E-state index < -0.39 is 0 Å². The van der Waals surface area contributed by atoms with Crippen LogP contribution in [-0.2, 0) is 0 Å². The van der Waals surface area contributed by atoms with Crippen LogP contribution in [0.25, 0.3) is 94.0 Å². The summed E-state index contributed by atoms with van der Waals surface area (Å²) in [7, 11) is 0. The highest BCUT2D eigenvalue weighted by Gasteiger charge is 2.18. The van der Waals surface area contributed by atoms with Crippen LogP contribution >= 0.6 is 0 Å². The second-order valence-electron chi connectivity index (χ2n) is 13.1. The van der Waals surface area contributed by atoms with Crippen molar-refractivity contribution < 1.29 is 0 Å². The van der Waals surface area contributed by atoms with Crippen molar-refractivity contribution in [3.63, 3.8) is 0 Å². The van der Waals surface area contributed by atoms with Crippen molar-refractivity contribution in [3.8, 4) is 28.6 Å². The minimum absolute atomic E-state index is 0.644. The average Bonchev–Trinajstić information content (AvgIpc) is 3.84. The van der Waals surface area contributed by atoms with Crippen LogP contribution in [0, 0.1) is 0 Å². The lowest BCUT2D eigenvalue weighted by Gasteiger charge is -2.11. The molecule has 5 heteroatoms. The zero-order chi connectivity index (χ0) is 33.5. The van der Waals surface area contributed by atoms with Gasteiger partial charge in [-0.15, -0.1) is 0 Å². The van der Waals surface area contributed by atoms with Crippen molar-refractivity contribution in [1.82, 2.24) is 23.7 Å². The van der Waals surface area contributed by atoms with Crippen LogP contribution in [0.5, 0.6) is 0 Å². The zero-order valence-electron chi connectivity index (χ0n) is 27.5. The van der Waals surface area contributed by atoms with Crippen LogP contribution < -0.4 is 0 Å². The minimum atomic E-state index is 0.644. The van der Waals surface area contributed by atoms with E-state index in [0.29, 0.717) is 5.95 Å². The van der Waals surface area contributed by atoms with E-state index in [1.54, 1.807) is 0 Å². The maximum atomic E-state index is 5.22. The van der Waals surface area contributed by atoms with Gasteiger partial charge in [0.25, 0.3) is 0 Å². The Kier molecular flexibility index (Phi) is 5.89. The van der Waals surface area contributed by atoms with E-state index >= 15 is 0 Å². The molecule has 0 atom stereocenters. The molecule has 0 fully saturated rings. The molecule has 0 aliphatic heterocycles. The highest BCUT2D eigenvalue weighted by atomic mass is 15.2. The molecule has 238 valence electrons. The van der Waals surface area contributed by atoms with E-state index in [1.165, 1.54) is 43.6 Å². The molecule has 0 aliphatic rings. The van der Waals surface area contributed by atoms with Crippen LogP contribution in [-0.4, -0.2) is 23.7 Å². The van der Waals surface area contributed by atoms with Gasteiger partial charge in [0, 0.05) is 55.5 Å². The van der Waals surface area contributed by atoms with Gasteiger partial charge >= 0.3 is 0 Å². The SMILES string of the molecule is c1cc(-c2ccnc(-n3c4ccccc4c4cc(-n5c6ccccc6c6ccccc65)ccc43)n2)cc(-n2c3ccccc3c3ccccc32)c1. The molecule has 0 aliphatic carbocycles. The summed E-state index contributed by atoms with van der Waals surface area (Å²) >= 11 is 0. The van der Waals surface area contributed by atoms with Gasteiger partial charge in [-0.1, -0.05) is 103 Å². The first-order valence-electron chi connectivity index (χ1n) is 17.3. The normalized spacial score (nSPS) is 11.9. The third-order valence-electron chi connectivity index (χ3n) is 10.3. The van der Waals surface area contributed by atoms with Crippen molar-refractivity contribution >= 4 is 65.4 Å². The fourth-order valence-electron chi connectivity index (χ4n) is 8.14. The van der Waals surface area contributed by atoms with E-state index in [2.05, 4.69) is 177 Å². The third kappa shape index (κ3) is 4.09. The molecule has 4 heterocycles. The zero-order valence-corrected chi connectivity index (χ0v) is 27.5. The third-order valence-corrected chi connectivity index (χ3v) is 10.3. The van der Waals surface area contributed by atoms with Crippen LogP contribution in [0.15, 0.2) is 176 Å². The van der Waals surface area contributed by atoms with Crippen molar-refractivity contribution in [1.29, 1.82) is 0 Å². The van der Waals surface area contributed by atoms with Crippen LogP contribution in [0.1, 0.15) is 0 Å². The smallest absolute Gasteiger partial charge is 0.235 e. The van der Waals surface area contributed by atoms with E-state index in [0.717, 1.165) is 44.4 Å². The molecular weight excluding hydrogens is 623 g/mol. The predicted octanol–water partition coefficient (Wildman–Crippen LogP) is 11.4. The Hall–Kier alpha value is -6.98. The number of hydrogen-bond acceptors (Lipinski definition) is 2. The fourth-order valence-corrected chi connectivity index (χ4v) is 8.14. The summed E-state index contributed by atoms with van der Waals surface area (Å²) in [5.74, 6) is 0.644. The quantitative estimate of drug-likeness (QED) is 0.190. The van der Waals surface area contributed by atoms with E-state index in [1.807, 2.05) is 12.3 Å². The number of benzene rings is 7. The number of rotatable bonds is 4. The summed E-state index contributed by atoms with van der Waals surface area (Å²) in [5, 5.41) is 7.32. The van der Waals surface area contributed by atoms with Gasteiger partial charge in [-0.2, -0.15) is 0 Å². The lowest BCUT2D eigenvalue weighted by molar-refractivity contribution is 0.991. The summed E-state index contributed by atoms with van der Waals surface area (Å²) < 4.78 is 6.91. The topological polar surface area (TPSA) is 40.6 Å². The molecule has 0 saturated carbocycles. The Labute approximate surface area is 292 Å². The molecule has 0 bridgehead atoms. The molecule has 0 amide bonds. The lowest BCUT2D eigenvalue weighted by atomic mass is 10.1. The van der Waals surface area contributed by atoms with E-state index in [4.69, 9.17) is 9.97 Å². The molecular formula is C46H29N5. The molecule has 5 nitrogen and oxygen atoms in total. The fraction of sp³-hybridized carbons (Fsp3) is 0. The van der Waals surface area contributed by atoms with Gasteiger partial charge in [-0.25, -0.2) is 9.97 Å². The lowest BCUT2D eigenvalue weighted by Crippen LogP contribution is -2.02. The number of nitrogens with zero attached hydrogens (tertiary/aromatic N) is 5. The summed E-state index contributed by atoms with van der Waals surface area (Å²) in [5.41, 5.74) is 11.0. The van der Waals surface area contributed by atoms with E-state index in [9.17, 15) is 0 Å². The first kappa shape index (κ1) is 27.9. The average molecular weight is 652 g/mol. The maximum absolute atomic E-state index is 5.22. The Balaban J connectivity index is 1.07. The molecule has 0 spiro atoms. The largest absolute Gasteiger partial charge is 0.309 e. The maximum Gasteiger partial charge on any atom is 0.235 e. The summed E-state index contributed by atoms with van der Waals surface area (Å²) in [6.45, 7) is 0. The van der Waals surface area contributed by atoms with Gasteiger partial charge in [-0.05, 0) is 66.7 Å². The second kappa shape index (κ2) is 10.8. The number of fused-ring (bicyclic) bond motifs is 9. The highest BCUT2D eigenvalue weighted by Crippen LogP contribution is 2.37. The molecule has 0 unspecified atom stereocenters. The number of hydrogen-bond donors (Lipinski definition) is 0. The van der Waals surface area contributed by atoms with Gasteiger partial charge in [0.1, 0.15) is 0 Å². The molecule has 0 N–H and O–H groups in total. The summed E-state index contributed by atoms with van der Waals surface area (Å²) in [6.07, 6.45) is 1.87. The van der Waals surface area contributed by atoms with Gasteiger partial charge in [0.05, 0.1) is 38.8 Å². The van der Waals surface area contributed by atoms with Crippen molar-refractivity contribution in [2.45, 2.75) is 0 Å². The second-order valence-corrected chi connectivity index (χ2v) is 13.1. The van der Waals surface area contributed by atoms with Crippen LogP contribution in [0.2, 0.25) is 0 Å². The monoisotopic (exact) mass is 651 g/mol.